The Bertz CT molecular complexity index is 777. The Kier molecular flexibility index (Phi) is 2.82. The first-order valence-electron chi connectivity index (χ1n) is 6.00. The summed E-state index contributed by atoms with van der Waals surface area (Å²) in [4.78, 5) is 7.83. The molecular formula is C15H13BrN2O. The van der Waals surface area contributed by atoms with E-state index in [-0.39, 0.29) is 5.75 Å². The van der Waals surface area contributed by atoms with Crippen LogP contribution in [0, 0.1) is 13.8 Å². The summed E-state index contributed by atoms with van der Waals surface area (Å²) in [5.41, 5.74) is 4.73. The Morgan fingerprint density at radius 3 is 2.68 bits per heavy atom. The maximum Gasteiger partial charge on any atom is 0.142 e. The van der Waals surface area contributed by atoms with Crippen molar-refractivity contribution in [2.24, 2.45) is 0 Å². The van der Waals surface area contributed by atoms with Crippen LogP contribution in [0.4, 0.5) is 0 Å². The van der Waals surface area contributed by atoms with Gasteiger partial charge in [-0.05, 0) is 49.2 Å². The van der Waals surface area contributed by atoms with E-state index in [1.54, 1.807) is 6.07 Å². The van der Waals surface area contributed by atoms with Gasteiger partial charge in [0.1, 0.15) is 11.6 Å². The van der Waals surface area contributed by atoms with Crippen molar-refractivity contribution >= 4 is 27.0 Å². The number of imidazole rings is 1. The SMILES string of the molecule is Cc1ccc(-c2nc3c(C)cc(Br)cc3[nH]2)c(O)c1. The number of aromatic amines is 1. The lowest BCUT2D eigenvalue weighted by Crippen LogP contribution is -1.82. The van der Waals surface area contributed by atoms with Gasteiger partial charge < -0.3 is 10.1 Å². The van der Waals surface area contributed by atoms with E-state index >= 15 is 0 Å². The molecule has 19 heavy (non-hydrogen) atoms. The van der Waals surface area contributed by atoms with Crippen molar-refractivity contribution in [1.82, 2.24) is 9.97 Å². The molecule has 0 aliphatic rings. The minimum atomic E-state index is 0.246. The zero-order valence-electron chi connectivity index (χ0n) is 10.7. The Morgan fingerprint density at radius 1 is 1.16 bits per heavy atom. The number of hydrogen-bond donors (Lipinski definition) is 2. The topological polar surface area (TPSA) is 48.9 Å². The number of aromatic nitrogens is 2. The highest BCUT2D eigenvalue weighted by atomic mass is 79.9. The predicted molar refractivity (Wildman–Crippen MR) is 80.4 cm³/mol. The van der Waals surface area contributed by atoms with Crippen LogP contribution in [0.1, 0.15) is 11.1 Å². The predicted octanol–water partition coefficient (Wildman–Crippen LogP) is 4.31. The minimum absolute atomic E-state index is 0.246. The summed E-state index contributed by atoms with van der Waals surface area (Å²) in [6.45, 7) is 3.97. The standard InChI is InChI=1S/C15H13BrN2O/c1-8-3-4-11(13(19)5-8)15-17-12-7-10(16)6-9(2)14(12)18-15/h3-7,19H,1-2H3,(H,17,18). The van der Waals surface area contributed by atoms with Crippen LogP contribution in [-0.4, -0.2) is 15.1 Å². The number of phenols is 1. The molecule has 0 unspecified atom stereocenters. The van der Waals surface area contributed by atoms with Gasteiger partial charge in [-0.3, -0.25) is 0 Å². The van der Waals surface area contributed by atoms with Crippen LogP contribution in [0.2, 0.25) is 0 Å². The Morgan fingerprint density at radius 2 is 1.95 bits per heavy atom. The molecule has 3 nitrogen and oxygen atoms in total. The summed E-state index contributed by atoms with van der Waals surface area (Å²) in [6, 6.07) is 9.61. The minimum Gasteiger partial charge on any atom is -0.507 e. The molecule has 3 aromatic rings. The molecule has 0 saturated carbocycles. The van der Waals surface area contributed by atoms with Crippen molar-refractivity contribution in [3.63, 3.8) is 0 Å². The third-order valence-electron chi connectivity index (χ3n) is 3.15. The summed E-state index contributed by atoms with van der Waals surface area (Å²) in [5.74, 6) is 0.935. The van der Waals surface area contributed by atoms with Crippen molar-refractivity contribution in [3.8, 4) is 17.1 Å². The summed E-state index contributed by atoms with van der Waals surface area (Å²) in [5, 5.41) is 10.0. The molecule has 0 spiro atoms. The zero-order valence-corrected chi connectivity index (χ0v) is 12.2. The number of phenolic OH excluding ortho intramolecular Hbond substituents is 1. The van der Waals surface area contributed by atoms with Gasteiger partial charge in [0, 0.05) is 4.47 Å². The average molecular weight is 317 g/mol. The number of halogens is 1. The van der Waals surface area contributed by atoms with Crippen molar-refractivity contribution in [2.75, 3.05) is 0 Å². The summed E-state index contributed by atoms with van der Waals surface area (Å²) < 4.78 is 1.01. The number of rotatable bonds is 1. The second kappa shape index (κ2) is 4.38. The monoisotopic (exact) mass is 316 g/mol. The fraction of sp³-hybridized carbons (Fsp3) is 0.133. The van der Waals surface area contributed by atoms with E-state index in [2.05, 4.69) is 25.9 Å². The van der Waals surface area contributed by atoms with Crippen molar-refractivity contribution < 1.29 is 5.11 Å². The van der Waals surface area contributed by atoms with Crippen LogP contribution in [0.25, 0.3) is 22.4 Å². The van der Waals surface area contributed by atoms with Gasteiger partial charge in [-0.15, -0.1) is 0 Å². The molecule has 2 aromatic carbocycles. The largest absolute Gasteiger partial charge is 0.507 e. The van der Waals surface area contributed by atoms with E-state index in [0.29, 0.717) is 5.82 Å². The number of fused-ring (bicyclic) bond motifs is 1. The summed E-state index contributed by atoms with van der Waals surface area (Å²) in [7, 11) is 0. The molecule has 0 amide bonds. The lowest BCUT2D eigenvalue weighted by atomic mass is 10.1. The quantitative estimate of drug-likeness (QED) is 0.702. The first-order chi connectivity index (χ1) is 9.04. The second-order valence-electron chi connectivity index (χ2n) is 4.72. The molecule has 2 N–H and O–H groups in total. The number of hydrogen-bond acceptors (Lipinski definition) is 2. The van der Waals surface area contributed by atoms with Crippen LogP contribution in [0.15, 0.2) is 34.8 Å². The molecule has 0 saturated heterocycles. The third-order valence-corrected chi connectivity index (χ3v) is 3.61. The van der Waals surface area contributed by atoms with Crippen LogP contribution >= 0.6 is 15.9 Å². The van der Waals surface area contributed by atoms with Crippen LogP contribution < -0.4 is 0 Å². The number of nitrogens with one attached hydrogen (secondary N) is 1. The number of aromatic hydroxyl groups is 1. The molecule has 0 radical (unpaired) electrons. The van der Waals surface area contributed by atoms with Gasteiger partial charge in [0.2, 0.25) is 0 Å². The average Bonchev–Trinajstić information content (AvgIpc) is 2.72. The van der Waals surface area contributed by atoms with Gasteiger partial charge in [-0.25, -0.2) is 4.98 Å². The first-order valence-corrected chi connectivity index (χ1v) is 6.80. The van der Waals surface area contributed by atoms with E-state index in [0.717, 1.165) is 32.2 Å². The summed E-state index contributed by atoms with van der Waals surface area (Å²) >= 11 is 3.48. The second-order valence-corrected chi connectivity index (χ2v) is 5.64. The fourth-order valence-corrected chi connectivity index (χ4v) is 2.79. The van der Waals surface area contributed by atoms with E-state index in [1.165, 1.54) is 0 Å². The Labute approximate surface area is 119 Å². The number of nitrogens with zero attached hydrogens (tertiary/aromatic N) is 1. The summed E-state index contributed by atoms with van der Waals surface area (Å²) in [6.07, 6.45) is 0. The lowest BCUT2D eigenvalue weighted by Gasteiger charge is -2.01. The van der Waals surface area contributed by atoms with E-state index in [4.69, 9.17) is 0 Å². The fourth-order valence-electron chi connectivity index (χ4n) is 2.22. The van der Waals surface area contributed by atoms with Crippen LogP contribution in [0.5, 0.6) is 5.75 Å². The Balaban J connectivity index is 2.23. The third kappa shape index (κ3) is 2.12. The van der Waals surface area contributed by atoms with Gasteiger partial charge in [0.15, 0.2) is 0 Å². The molecule has 4 heteroatoms. The number of benzene rings is 2. The molecule has 3 rings (SSSR count). The molecule has 0 bridgehead atoms. The molecule has 0 fully saturated rings. The number of aryl methyl sites for hydroxylation is 2. The van der Waals surface area contributed by atoms with Crippen molar-refractivity contribution in [2.45, 2.75) is 13.8 Å². The van der Waals surface area contributed by atoms with E-state index < -0.39 is 0 Å². The van der Waals surface area contributed by atoms with Crippen LogP contribution in [0.3, 0.4) is 0 Å². The van der Waals surface area contributed by atoms with Gasteiger partial charge >= 0.3 is 0 Å². The molecule has 1 aromatic heterocycles. The highest BCUT2D eigenvalue weighted by Gasteiger charge is 2.11. The maximum atomic E-state index is 10.0. The van der Waals surface area contributed by atoms with Crippen molar-refractivity contribution in [1.29, 1.82) is 0 Å². The first kappa shape index (κ1) is 12.2. The van der Waals surface area contributed by atoms with Gasteiger partial charge in [-0.2, -0.15) is 0 Å². The number of H-pyrrole nitrogens is 1. The van der Waals surface area contributed by atoms with Gasteiger partial charge in [0.25, 0.3) is 0 Å². The molecule has 96 valence electrons. The lowest BCUT2D eigenvalue weighted by molar-refractivity contribution is 0.476. The normalized spacial score (nSPS) is 11.1. The molecular weight excluding hydrogens is 304 g/mol. The smallest absolute Gasteiger partial charge is 0.142 e. The highest BCUT2D eigenvalue weighted by Crippen LogP contribution is 2.31. The van der Waals surface area contributed by atoms with Crippen LogP contribution in [-0.2, 0) is 0 Å². The zero-order chi connectivity index (χ0) is 13.6. The van der Waals surface area contributed by atoms with E-state index in [1.807, 2.05) is 38.1 Å². The molecule has 0 aliphatic heterocycles. The Hall–Kier alpha value is -1.81. The molecule has 0 aliphatic carbocycles. The van der Waals surface area contributed by atoms with E-state index in [9.17, 15) is 5.11 Å². The molecule has 1 heterocycles. The van der Waals surface area contributed by atoms with Gasteiger partial charge in [-0.1, -0.05) is 22.0 Å². The van der Waals surface area contributed by atoms with Crippen molar-refractivity contribution in [3.05, 3.63) is 45.9 Å². The maximum absolute atomic E-state index is 10.0. The van der Waals surface area contributed by atoms with Gasteiger partial charge in [0.05, 0.1) is 16.6 Å². The molecule has 0 atom stereocenters. The highest BCUT2D eigenvalue weighted by molar-refractivity contribution is 9.10.